The molecule has 0 aliphatic carbocycles. The summed E-state index contributed by atoms with van der Waals surface area (Å²) in [7, 11) is 1.69. The van der Waals surface area contributed by atoms with Crippen LogP contribution in [0.3, 0.4) is 0 Å². The monoisotopic (exact) mass is 423 g/mol. The van der Waals surface area contributed by atoms with Gasteiger partial charge in [0.1, 0.15) is 5.75 Å². The molecule has 1 aliphatic rings. The van der Waals surface area contributed by atoms with Crippen molar-refractivity contribution in [2.75, 3.05) is 38.6 Å². The lowest BCUT2D eigenvalue weighted by molar-refractivity contribution is 0.222. The fourth-order valence-electron chi connectivity index (χ4n) is 3.61. The molecule has 1 fully saturated rings. The van der Waals surface area contributed by atoms with Gasteiger partial charge in [-0.3, -0.25) is 0 Å². The molecule has 2 aromatic carbocycles. The van der Waals surface area contributed by atoms with Crippen LogP contribution < -0.4 is 20.7 Å². The van der Waals surface area contributed by atoms with Crippen LogP contribution in [0, 0.1) is 0 Å². The molecule has 0 saturated carbocycles. The number of guanidine groups is 1. The van der Waals surface area contributed by atoms with Crippen LogP contribution in [0.4, 0.5) is 10.5 Å². The zero-order valence-electron chi connectivity index (χ0n) is 18.5. The van der Waals surface area contributed by atoms with Crippen LogP contribution in [0.25, 0.3) is 0 Å². The Balaban J connectivity index is 1.55. The Morgan fingerprint density at radius 2 is 1.90 bits per heavy atom. The molecule has 3 N–H and O–H groups in total. The van der Waals surface area contributed by atoms with Crippen LogP contribution in [0.15, 0.2) is 53.5 Å². The van der Waals surface area contributed by atoms with E-state index >= 15 is 0 Å². The molecule has 1 aliphatic heterocycles. The van der Waals surface area contributed by atoms with Crippen molar-refractivity contribution in [2.24, 2.45) is 4.99 Å². The molecule has 0 bridgehead atoms. The highest BCUT2D eigenvalue weighted by atomic mass is 16.5. The first kappa shape index (κ1) is 22.5. The lowest BCUT2D eigenvalue weighted by Crippen LogP contribution is -2.38. The number of nitrogens with zero attached hydrogens (tertiary/aromatic N) is 2. The lowest BCUT2D eigenvalue weighted by Gasteiger charge is -2.16. The number of carbonyl (C=O) groups excluding carboxylic acids is 1. The summed E-state index contributed by atoms with van der Waals surface area (Å²) < 4.78 is 5.42. The Kier molecular flexibility index (Phi) is 8.58. The fourth-order valence-corrected chi connectivity index (χ4v) is 3.61. The van der Waals surface area contributed by atoms with Crippen LogP contribution >= 0.6 is 0 Å². The first-order valence-electron chi connectivity index (χ1n) is 11.0. The van der Waals surface area contributed by atoms with Gasteiger partial charge in [0.25, 0.3) is 0 Å². The molecule has 0 unspecified atom stereocenters. The summed E-state index contributed by atoms with van der Waals surface area (Å²) in [6, 6.07) is 15.9. The molecular weight excluding hydrogens is 390 g/mol. The molecule has 31 heavy (non-hydrogen) atoms. The van der Waals surface area contributed by atoms with E-state index in [9.17, 15) is 4.79 Å². The van der Waals surface area contributed by atoms with Gasteiger partial charge in [-0.1, -0.05) is 30.3 Å². The van der Waals surface area contributed by atoms with Gasteiger partial charge >= 0.3 is 6.03 Å². The third-order valence-corrected chi connectivity index (χ3v) is 5.21. The van der Waals surface area contributed by atoms with Gasteiger partial charge in [0.15, 0.2) is 5.96 Å². The third-order valence-electron chi connectivity index (χ3n) is 5.21. The molecule has 0 atom stereocenters. The van der Waals surface area contributed by atoms with Crippen LogP contribution in [-0.2, 0) is 13.0 Å². The summed E-state index contributed by atoms with van der Waals surface area (Å²) in [5, 5.41) is 9.66. The van der Waals surface area contributed by atoms with E-state index in [0.29, 0.717) is 6.54 Å². The fraction of sp³-hybridized carbons (Fsp3) is 0.417. The molecule has 2 amide bonds. The average molecular weight is 424 g/mol. The van der Waals surface area contributed by atoms with Gasteiger partial charge in [-0.05, 0) is 55.5 Å². The zero-order valence-corrected chi connectivity index (χ0v) is 18.5. The van der Waals surface area contributed by atoms with Gasteiger partial charge in [0, 0.05) is 31.9 Å². The smallest absolute Gasteiger partial charge is 0.321 e. The first-order chi connectivity index (χ1) is 15.2. The molecule has 7 heteroatoms. The number of nitrogens with one attached hydrogen (secondary N) is 3. The summed E-state index contributed by atoms with van der Waals surface area (Å²) in [5.74, 6) is 1.67. The molecule has 2 aromatic rings. The highest BCUT2D eigenvalue weighted by Crippen LogP contribution is 2.17. The molecule has 7 nitrogen and oxygen atoms in total. The van der Waals surface area contributed by atoms with Gasteiger partial charge < -0.3 is 25.6 Å². The maximum atomic E-state index is 12.3. The second kappa shape index (κ2) is 11.8. The Morgan fingerprint density at radius 1 is 1.10 bits per heavy atom. The summed E-state index contributed by atoms with van der Waals surface area (Å²) >= 11 is 0. The highest BCUT2D eigenvalue weighted by molar-refractivity contribution is 5.89. The van der Waals surface area contributed by atoms with Crippen LogP contribution in [0.5, 0.6) is 5.75 Å². The van der Waals surface area contributed by atoms with Gasteiger partial charge in [-0.2, -0.15) is 0 Å². The predicted molar refractivity (Wildman–Crippen MR) is 126 cm³/mol. The number of para-hydroxylation sites is 1. The number of methoxy groups -OCH3 is 1. The topological polar surface area (TPSA) is 78.0 Å². The number of carbonyl (C=O) groups is 1. The number of rotatable bonds is 8. The quantitative estimate of drug-likeness (QED) is 0.448. The van der Waals surface area contributed by atoms with E-state index < -0.39 is 0 Å². The number of anilines is 1. The van der Waals surface area contributed by atoms with Crippen molar-refractivity contribution in [3.8, 4) is 5.75 Å². The predicted octanol–water partition coefficient (Wildman–Crippen LogP) is 3.62. The maximum Gasteiger partial charge on any atom is 0.321 e. The van der Waals surface area contributed by atoms with E-state index in [1.165, 1.54) is 0 Å². The Labute approximate surface area is 184 Å². The molecular formula is C24H33N5O2. The molecule has 0 spiro atoms. The van der Waals surface area contributed by atoms with Crippen LogP contribution in [0.1, 0.15) is 30.9 Å². The second-order valence-electron chi connectivity index (χ2n) is 7.51. The normalized spacial score (nSPS) is 13.7. The van der Waals surface area contributed by atoms with Crippen LogP contribution in [0.2, 0.25) is 0 Å². The minimum Gasteiger partial charge on any atom is -0.496 e. The number of amides is 2. The number of likely N-dealkylation sites (tertiary alicyclic amines) is 1. The standard InChI is InChI=1S/C24H33N5O2/c1-3-25-23(26-14-13-20-10-4-5-12-22(20)31-2)27-18-19-9-8-11-21(17-19)28-24(30)29-15-6-7-16-29/h4-5,8-12,17H,3,6-7,13-16,18H2,1-2H3,(H,28,30)(H2,25,26,27). The largest absolute Gasteiger partial charge is 0.496 e. The molecule has 166 valence electrons. The van der Waals surface area contributed by atoms with E-state index in [1.54, 1.807) is 7.11 Å². The van der Waals surface area contributed by atoms with E-state index in [-0.39, 0.29) is 6.03 Å². The first-order valence-corrected chi connectivity index (χ1v) is 11.0. The number of hydrogen-bond donors (Lipinski definition) is 3. The van der Waals surface area contributed by atoms with E-state index in [2.05, 4.69) is 22.0 Å². The Bertz CT molecular complexity index is 878. The van der Waals surface area contributed by atoms with Crippen molar-refractivity contribution in [1.82, 2.24) is 15.5 Å². The molecule has 1 saturated heterocycles. The van der Waals surface area contributed by atoms with Gasteiger partial charge in [-0.25, -0.2) is 9.79 Å². The maximum absolute atomic E-state index is 12.3. The number of hydrogen-bond acceptors (Lipinski definition) is 3. The second-order valence-corrected chi connectivity index (χ2v) is 7.51. The number of benzene rings is 2. The molecule has 0 aromatic heterocycles. The number of ether oxygens (including phenoxy) is 1. The average Bonchev–Trinajstić information content (AvgIpc) is 3.33. The number of urea groups is 1. The Hall–Kier alpha value is -3.22. The molecule has 3 rings (SSSR count). The third kappa shape index (κ3) is 6.91. The van der Waals surface area contributed by atoms with E-state index in [1.807, 2.05) is 54.3 Å². The van der Waals surface area contributed by atoms with Crippen molar-refractivity contribution in [3.63, 3.8) is 0 Å². The minimum atomic E-state index is -0.0236. The molecule has 1 heterocycles. The summed E-state index contributed by atoms with van der Waals surface area (Å²) in [6.45, 7) is 5.78. The SMILES string of the molecule is CCNC(=NCc1cccc(NC(=O)N2CCCC2)c1)NCCc1ccccc1OC. The summed E-state index contributed by atoms with van der Waals surface area (Å²) in [4.78, 5) is 18.9. The zero-order chi connectivity index (χ0) is 21.9. The van der Waals surface area contributed by atoms with Gasteiger partial charge in [0.2, 0.25) is 0 Å². The van der Waals surface area contributed by atoms with Crippen molar-refractivity contribution in [1.29, 1.82) is 0 Å². The van der Waals surface area contributed by atoms with E-state index in [0.717, 1.165) is 74.0 Å². The van der Waals surface area contributed by atoms with Crippen molar-refractivity contribution in [3.05, 3.63) is 59.7 Å². The van der Waals surface area contributed by atoms with Crippen molar-refractivity contribution >= 4 is 17.7 Å². The summed E-state index contributed by atoms with van der Waals surface area (Å²) in [5.41, 5.74) is 3.01. The lowest BCUT2D eigenvalue weighted by atomic mass is 10.1. The number of aliphatic imine (C=N–C) groups is 1. The Morgan fingerprint density at radius 3 is 2.68 bits per heavy atom. The summed E-state index contributed by atoms with van der Waals surface area (Å²) in [6.07, 6.45) is 3.01. The van der Waals surface area contributed by atoms with Crippen molar-refractivity contribution < 1.29 is 9.53 Å². The van der Waals surface area contributed by atoms with Gasteiger partial charge in [0.05, 0.1) is 13.7 Å². The minimum absolute atomic E-state index is 0.0236. The van der Waals surface area contributed by atoms with Crippen molar-refractivity contribution in [2.45, 2.75) is 32.7 Å². The highest BCUT2D eigenvalue weighted by Gasteiger charge is 2.17. The molecule has 0 radical (unpaired) electrons. The van der Waals surface area contributed by atoms with E-state index in [4.69, 9.17) is 9.73 Å². The van der Waals surface area contributed by atoms with Gasteiger partial charge in [-0.15, -0.1) is 0 Å². The van der Waals surface area contributed by atoms with Crippen LogP contribution in [-0.4, -0.2) is 50.2 Å².